The summed E-state index contributed by atoms with van der Waals surface area (Å²) in [5.74, 6) is -3.66. The summed E-state index contributed by atoms with van der Waals surface area (Å²) in [4.78, 5) is 34.6. The van der Waals surface area contributed by atoms with Crippen molar-refractivity contribution in [2.45, 2.75) is 31.7 Å². The van der Waals surface area contributed by atoms with E-state index in [-0.39, 0.29) is 46.1 Å². The lowest BCUT2D eigenvalue weighted by Gasteiger charge is -2.19. The van der Waals surface area contributed by atoms with Crippen molar-refractivity contribution in [2.75, 3.05) is 11.9 Å². The minimum atomic E-state index is -4.92. The zero-order valence-corrected chi connectivity index (χ0v) is 23.6. The Bertz CT molecular complexity index is 1780. The molecular formula is C30H22ClF5N4O4. The van der Waals surface area contributed by atoms with Gasteiger partial charge < -0.3 is 20.5 Å². The molecule has 0 saturated carbocycles. The Morgan fingerprint density at radius 2 is 1.73 bits per heavy atom. The van der Waals surface area contributed by atoms with E-state index in [1.165, 1.54) is 44.4 Å². The first-order valence-electron chi connectivity index (χ1n) is 12.9. The minimum absolute atomic E-state index is 0.0423. The number of benzene rings is 3. The smallest absolute Gasteiger partial charge is 0.416 e. The van der Waals surface area contributed by atoms with E-state index in [0.29, 0.717) is 23.3 Å². The van der Waals surface area contributed by atoms with E-state index >= 15 is 0 Å². The third kappa shape index (κ3) is 6.63. The maximum absolute atomic E-state index is 14.2. The summed E-state index contributed by atoms with van der Waals surface area (Å²) in [6, 6.07) is 6.67. The third-order valence-corrected chi connectivity index (χ3v) is 6.85. The summed E-state index contributed by atoms with van der Waals surface area (Å²) < 4.78 is 73.7. The second-order valence-electron chi connectivity index (χ2n) is 10.6. The summed E-state index contributed by atoms with van der Waals surface area (Å²) in [6.07, 6.45) is -2.21. The number of carbonyl (C=O) groups excluding carboxylic acids is 2. The minimum Gasteiger partial charge on any atom is -0.460 e. The van der Waals surface area contributed by atoms with Crippen LogP contribution in [0.5, 0.6) is 6.01 Å². The molecule has 1 aliphatic rings. The number of aromatic nitrogens is 2. The van der Waals surface area contributed by atoms with Gasteiger partial charge in [-0.05, 0) is 67.9 Å². The number of alkyl halides is 3. The molecule has 1 unspecified atom stereocenters. The van der Waals surface area contributed by atoms with Gasteiger partial charge in [-0.3, -0.25) is 9.59 Å². The Labute approximate surface area is 251 Å². The van der Waals surface area contributed by atoms with Crippen LogP contribution in [0.25, 0.3) is 11.1 Å². The number of nitrogens with one attached hydrogen (secondary N) is 2. The molecule has 5 rings (SSSR count). The summed E-state index contributed by atoms with van der Waals surface area (Å²) in [5, 5.41) is 15.1. The number of carbonyl (C=O) groups is 2. The Balaban J connectivity index is 1.60. The van der Waals surface area contributed by atoms with Gasteiger partial charge in [-0.1, -0.05) is 11.6 Å². The summed E-state index contributed by atoms with van der Waals surface area (Å²) >= 11 is 6.32. The monoisotopic (exact) mass is 632 g/mol. The third-order valence-electron chi connectivity index (χ3n) is 6.51. The van der Waals surface area contributed by atoms with E-state index in [1.807, 2.05) is 0 Å². The maximum Gasteiger partial charge on any atom is 0.416 e. The highest BCUT2D eigenvalue weighted by Crippen LogP contribution is 2.42. The van der Waals surface area contributed by atoms with Gasteiger partial charge in [-0.25, -0.2) is 18.7 Å². The highest BCUT2D eigenvalue weighted by atomic mass is 35.5. The molecule has 8 nitrogen and oxygen atoms in total. The molecule has 44 heavy (non-hydrogen) atoms. The molecule has 14 heteroatoms. The number of rotatable bonds is 7. The lowest BCUT2D eigenvalue weighted by Crippen LogP contribution is -2.28. The van der Waals surface area contributed by atoms with Crippen LogP contribution in [-0.4, -0.2) is 39.1 Å². The Hall–Kier alpha value is -4.62. The van der Waals surface area contributed by atoms with Crippen molar-refractivity contribution in [3.8, 4) is 17.1 Å². The van der Waals surface area contributed by atoms with Crippen LogP contribution in [-0.2, 0) is 6.18 Å². The lowest BCUT2D eigenvalue weighted by atomic mass is 9.93. The largest absolute Gasteiger partial charge is 0.460 e. The number of anilines is 1. The number of nitrogens with zero attached hydrogens (tertiary/aromatic N) is 2. The molecule has 0 aliphatic carbocycles. The first kappa shape index (κ1) is 30.8. The van der Waals surface area contributed by atoms with Crippen LogP contribution in [0, 0.1) is 11.6 Å². The van der Waals surface area contributed by atoms with Crippen molar-refractivity contribution in [2.24, 2.45) is 0 Å². The molecule has 0 radical (unpaired) electrons. The van der Waals surface area contributed by atoms with E-state index in [2.05, 4.69) is 20.6 Å². The quantitative estimate of drug-likeness (QED) is 0.205. The van der Waals surface area contributed by atoms with Crippen molar-refractivity contribution in [3.05, 3.63) is 105 Å². The maximum atomic E-state index is 14.2. The number of ether oxygens (including phenoxy) is 1. The van der Waals surface area contributed by atoms with Crippen LogP contribution in [0.3, 0.4) is 0 Å². The zero-order valence-electron chi connectivity index (χ0n) is 22.9. The molecule has 1 aromatic heterocycles. The van der Waals surface area contributed by atoms with E-state index in [9.17, 15) is 36.6 Å². The second kappa shape index (κ2) is 11.5. The van der Waals surface area contributed by atoms with Crippen molar-refractivity contribution in [1.29, 1.82) is 0 Å². The number of amides is 2. The number of hydrogen-bond acceptors (Lipinski definition) is 6. The molecule has 228 valence electrons. The van der Waals surface area contributed by atoms with Gasteiger partial charge in [-0.15, -0.1) is 0 Å². The molecule has 4 aromatic rings. The average molecular weight is 633 g/mol. The predicted octanol–water partition coefficient (Wildman–Crippen LogP) is 6.33. The van der Waals surface area contributed by atoms with Crippen LogP contribution < -0.4 is 15.4 Å². The normalized spacial score (nSPS) is 14.7. The summed E-state index contributed by atoms with van der Waals surface area (Å²) in [5.41, 5.74) is -2.19. The number of hydrogen-bond donors (Lipinski definition) is 3. The van der Waals surface area contributed by atoms with E-state index in [4.69, 9.17) is 16.3 Å². The first-order chi connectivity index (χ1) is 20.6. The fraction of sp³-hybridized carbons (Fsp3) is 0.200. The molecule has 0 spiro atoms. The lowest BCUT2D eigenvalue weighted by molar-refractivity contribution is -0.137. The number of halogens is 6. The summed E-state index contributed by atoms with van der Waals surface area (Å²) in [6.45, 7) is 2.97. The number of aliphatic hydroxyl groups is 1. The fourth-order valence-corrected chi connectivity index (χ4v) is 4.76. The van der Waals surface area contributed by atoms with Gasteiger partial charge in [-0.2, -0.15) is 13.2 Å². The highest BCUT2D eigenvalue weighted by molar-refractivity contribution is 6.31. The summed E-state index contributed by atoms with van der Waals surface area (Å²) in [7, 11) is 0. The van der Waals surface area contributed by atoms with E-state index in [1.54, 1.807) is 0 Å². The SMILES string of the molecule is CC(C)(O)COc1ncc(-c2cc(NC(=O)c3cc(F)cc(C(F)(F)F)c3)c3c(c2)C(=O)NC3c2cc(F)ccc2Cl)cn1. The van der Waals surface area contributed by atoms with Crippen molar-refractivity contribution in [3.63, 3.8) is 0 Å². The highest BCUT2D eigenvalue weighted by Gasteiger charge is 2.36. The second-order valence-corrected chi connectivity index (χ2v) is 11.0. The van der Waals surface area contributed by atoms with Crippen LogP contribution in [0.1, 0.15) is 57.3 Å². The van der Waals surface area contributed by atoms with E-state index in [0.717, 1.165) is 12.1 Å². The topological polar surface area (TPSA) is 113 Å². The van der Waals surface area contributed by atoms with Crippen LogP contribution in [0.15, 0.2) is 60.9 Å². The van der Waals surface area contributed by atoms with Gasteiger partial charge in [0.25, 0.3) is 11.8 Å². The van der Waals surface area contributed by atoms with Crippen molar-refractivity contribution in [1.82, 2.24) is 15.3 Å². The van der Waals surface area contributed by atoms with Crippen LogP contribution >= 0.6 is 11.6 Å². The number of fused-ring (bicyclic) bond motifs is 1. The standard InChI is InChI=1S/C30H22ClF5N4O4/c1-29(2,43)13-44-28-37-11-16(12-38-28)14-7-21-24(25(40-27(21)42)20-10-18(32)3-4-22(20)31)23(8-14)39-26(41)15-5-17(30(34,35)36)9-19(33)6-15/h3-12,25,43H,13H2,1-2H3,(H,39,41)(H,40,42). The molecule has 2 amide bonds. The van der Waals surface area contributed by atoms with Gasteiger partial charge in [0.15, 0.2) is 0 Å². The zero-order chi connectivity index (χ0) is 32.0. The van der Waals surface area contributed by atoms with E-state index < -0.39 is 52.4 Å². The molecule has 2 heterocycles. The van der Waals surface area contributed by atoms with Gasteiger partial charge in [0.05, 0.1) is 17.2 Å². The Morgan fingerprint density at radius 1 is 1.02 bits per heavy atom. The molecule has 0 saturated heterocycles. The first-order valence-corrected chi connectivity index (χ1v) is 13.3. The Kier molecular flexibility index (Phi) is 8.03. The Morgan fingerprint density at radius 3 is 2.39 bits per heavy atom. The molecule has 0 bridgehead atoms. The molecule has 1 aliphatic heterocycles. The molecule has 3 N–H and O–H groups in total. The van der Waals surface area contributed by atoms with Crippen LogP contribution in [0.2, 0.25) is 5.02 Å². The van der Waals surface area contributed by atoms with Crippen molar-refractivity contribution >= 4 is 29.1 Å². The molecular weight excluding hydrogens is 611 g/mol. The van der Waals surface area contributed by atoms with Crippen molar-refractivity contribution < 1.29 is 41.4 Å². The van der Waals surface area contributed by atoms with Gasteiger partial charge >= 0.3 is 12.2 Å². The molecule has 1 atom stereocenters. The van der Waals surface area contributed by atoms with Gasteiger partial charge in [0, 0.05) is 50.9 Å². The predicted molar refractivity (Wildman–Crippen MR) is 149 cm³/mol. The average Bonchev–Trinajstić information content (AvgIpc) is 3.28. The van der Waals surface area contributed by atoms with Gasteiger partial charge in [0.1, 0.15) is 18.2 Å². The fourth-order valence-electron chi connectivity index (χ4n) is 4.53. The molecule has 0 fully saturated rings. The molecule has 3 aromatic carbocycles. The van der Waals surface area contributed by atoms with Gasteiger partial charge in [0.2, 0.25) is 0 Å². The van der Waals surface area contributed by atoms with Crippen LogP contribution in [0.4, 0.5) is 27.6 Å².